The van der Waals surface area contributed by atoms with Gasteiger partial charge >= 0.3 is 6.18 Å². The van der Waals surface area contributed by atoms with Gasteiger partial charge in [-0.05, 0) is 12.1 Å². The van der Waals surface area contributed by atoms with Crippen molar-refractivity contribution in [2.45, 2.75) is 18.6 Å². The number of alkyl halides is 3. The smallest absolute Gasteiger partial charge is 0.366 e. The SMILES string of the molecule is O=C(C1=NNC(C(F)(F)F)C1)N1CCN(c2cccc3[nH]cnc23)CC1. The number of hydrogen-bond acceptors (Lipinski definition) is 5. The molecule has 1 unspecified atom stereocenters. The van der Waals surface area contributed by atoms with Gasteiger partial charge in [-0.25, -0.2) is 4.98 Å². The van der Waals surface area contributed by atoms with Crippen molar-refractivity contribution in [3.63, 3.8) is 0 Å². The van der Waals surface area contributed by atoms with Crippen molar-refractivity contribution < 1.29 is 18.0 Å². The molecule has 0 spiro atoms. The average Bonchev–Trinajstić information content (AvgIpc) is 3.30. The summed E-state index contributed by atoms with van der Waals surface area (Å²) in [5.41, 5.74) is 4.73. The summed E-state index contributed by atoms with van der Waals surface area (Å²) < 4.78 is 38.1. The minimum atomic E-state index is -4.41. The van der Waals surface area contributed by atoms with E-state index in [4.69, 9.17) is 0 Å². The van der Waals surface area contributed by atoms with Crippen LogP contribution in [0.2, 0.25) is 0 Å². The number of rotatable bonds is 2. The number of nitrogens with zero attached hydrogens (tertiary/aromatic N) is 4. The Bertz CT molecular complexity index is 853. The summed E-state index contributed by atoms with van der Waals surface area (Å²) in [4.78, 5) is 23.5. The number of amides is 1. The summed E-state index contributed by atoms with van der Waals surface area (Å²) >= 11 is 0. The van der Waals surface area contributed by atoms with E-state index in [0.29, 0.717) is 26.2 Å². The Kier molecular flexibility index (Phi) is 3.97. The van der Waals surface area contributed by atoms with E-state index in [-0.39, 0.29) is 5.71 Å². The largest absolute Gasteiger partial charge is 0.410 e. The van der Waals surface area contributed by atoms with E-state index in [9.17, 15) is 18.0 Å². The molecule has 1 amide bonds. The van der Waals surface area contributed by atoms with Crippen LogP contribution in [0.3, 0.4) is 0 Å². The van der Waals surface area contributed by atoms with Crippen LogP contribution in [0.4, 0.5) is 18.9 Å². The van der Waals surface area contributed by atoms with Gasteiger partial charge in [-0.3, -0.25) is 10.2 Å². The van der Waals surface area contributed by atoms with Gasteiger partial charge in [-0.2, -0.15) is 18.3 Å². The number of imidazole rings is 1. The summed E-state index contributed by atoms with van der Waals surface area (Å²) in [6.45, 7) is 2.02. The highest BCUT2D eigenvalue weighted by molar-refractivity contribution is 6.39. The molecule has 0 bridgehead atoms. The molecule has 1 atom stereocenters. The maximum Gasteiger partial charge on any atom is 0.410 e. The predicted octanol–water partition coefficient (Wildman–Crippen LogP) is 1.49. The highest BCUT2D eigenvalue weighted by Crippen LogP contribution is 2.27. The van der Waals surface area contributed by atoms with Crippen molar-refractivity contribution >= 4 is 28.3 Å². The van der Waals surface area contributed by atoms with Gasteiger partial charge in [-0.15, -0.1) is 0 Å². The highest BCUT2D eigenvalue weighted by atomic mass is 19.4. The first-order chi connectivity index (χ1) is 12.4. The zero-order chi connectivity index (χ0) is 18.3. The summed E-state index contributed by atoms with van der Waals surface area (Å²) in [6, 6.07) is 4.07. The minimum absolute atomic E-state index is 0.0600. The van der Waals surface area contributed by atoms with Crippen LogP contribution in [0.25, 0.3) is 11.0 Å². The first-order valence-electron chi connectivity index (χ1n) is 8.28. The molecule has 4 rings (SSSR count). The van der Waals surface area contributed by atoms with Gasteiger partial charge in [0.25, 0.3) is 5.91 Å². The van der Waals surface area contributed by atoms with Crippen molar-refractivity contribution in [2.75, 3.05) is 31.1 Å². The quantitative estimate of drug-likeness (QED) is 0.844. The van der Waals surface area contributed by atoms with Crippen LogP contribution in [0.15, 0.2) is 29.6 Å². The molecule has 1 aromatic heterocycles. The Morgan fingerprint density at radius 3 is 2.65 bits per heavy atom. The number of benzene rings is 1. The first-order valence-corrected chi connectivity index (χ1v) is 8.28. The predicted molar refractivity (Wildman–Crippen MR) is 89.9 cm³/mol. The second kappa shape index (κ2) is 6.19. The molecule has 0 radical (unpaired) electrons. The highest BCUT2D eigenvalue weighted by Gasteiger charge is 2.44. The van der Waals surface area contributed by atoms with Crippen molar-refractivity contribution in [3.05, 3.63) is 24.5 Å². The van der Waals surface area contributed by atoms with E-state index in [1.54, 1.807) is 11.2 Å². The van der Waals surface area contributed by atoms with Gasteiger partial charge in [0.1, 0.15) is 17.3 Å². The number of anilines is 1. The fraction of sp³-hybridized carbons (Fsp3) is 0.438. The van der Waals surface area contributed by atoms with E-state index in [1.807, 2.05) is 23.6 Å². The Balaban J connectivity index is 1.40. The Hall–Kier alpha value is -2.78. The van der Waals surface area contributed by atoms with Gasteiger partial charge in [0.15, 0.2) is 0 Å². The summed E-state index contributed by atoms with van der Waals surface area (Å²) in [6.07, 6.45) is -3.20. The number of aromatic amines is 1. The molecule has 2 aromatic rings. The van der Waals surface area contributed by atoms with Crippen LogP contribution in [0, 0.1) is 0 Å². The molecule has 138 valence electrons. The van der Waals surface area contributed by atoms with Gasteiger partial charge in [0.05, 0.1) is 17.5 Å². The summed E-state index contributed by atoms with van der Waals surface area (Å²) in [5.74, 6) is -0.429. The van der Waals surface area contributed by atoms with Crippen LogP contribution in [-0.4, -0.2) is 64.9 Å². The van der Waals surface area contributed by atoms with Crippen LogP contribution < -0.4 is 10.3 Å². The number of carbonyl (C=O) groups is 1. The molecule has 0 aliphatic carbocycles. The van der Waals surface area contributed by atoms with Gasteiger partial charge in [0.2, 0.25) is 0 Å². The van der Waals surface area contributed by atoms with Crippen molar-refractivity contribution in [1.29, 1.82) is 0 Å². The fourth-order valence-corrected chi connectivity index (χ4v) is 3.30. The van der Waals surface area contributed by atoms with E-state index < -0.39 is 24.5 Å². The third-order valence-corrected chi connectivity index (χ3v) is 4.73. The molecule has 7 nitrogen and oxygen atoms in total. The molecule has 1 aromatic carbocycles. The molecule has 3 heterocycles. The number of hydrogen-bond donors (Lipinski definition) is 2. The van der Waals surface area contributed by atoms with Crippen molar-refractivity contribution in [3.8, 4) is 0 Å². The third kappa shape index (κ3) is 2.95. The van der Waals surface area contributed by atoms with Crippen molar-refractivity contribution in [2.24, 2.45) is 5.10 Å². The second-order valence-electron chi connectivity index (χ2n) is 6.34. The minimum Gasteiger partial charge on any atom is -0.366 e. The third-order valence-electron chi connectivity index (χ3n) is 4.73. The number of fused-ring (bicyclic) bond motifs is 1. The Morgan fingerprint density at radius 2 is 1.96 bits per heavy atom. The first kappa shape index (κ1) is 16.7. The lowest BCUT2D eigenvalue weighted by atomic mass is 10.1. The molecular weight excluding hydrogens is 349 g/mol. The van der Waals surface area contributed by atoms with E-state index >= 15 is 0 Å². The number of H-pyrrole nitrogens is 1. The molecule has 1 saturated heterocycles. The van der Waals surface area contributed by atoms with Crippen molar-refractivity contribution in [1.82, 2.24) is 20.3 Å². The number of para-hydroxylation sites is 1. The number of halogens is 3. The van der Waals surface area contributed by atoms with Gasteiger partial charge in [-0.1, -0.05) is 6.07 Å². The lowest BCUT2D eigenvalue weighted by Crippen LogP contribution is -2.50. The lowest BCUT2D eigenvalue weighted by Gasteiger charge is -2.36. The summed E-state index contributed by atoms with van der Waals surface area (Å²) in [7, 11) is 0. The number of aromatic nitrogens is 2. The standard InChI is InChI=1S/C16H17F3N6O/c17-16(18,19)13-8-11(22-23-13)15(26)25-6-4-24(5-7-25)12-3-1-2-10-14(12)21-9-20-10/h1-3,9,13,23H,4-8H2,(H,20,21). The maximum atomic E-state index is 12.7. The molecule has 2 aliphatic rings. The Morgan fingerprint density at radius 1 is 1.19 bits per heavy atom. The van der Waals surface area contributed by atoms with E-state index in [1.165, 1.54) is 0 Å². The second-order valence-corrected chi connectivity index (χ2v) is 6.34. The number of piperazine rings is 1. The Labute approximate surface area is 146 Å². The summed E-state index contributed by atoms with van der Waals surface area (Å²) in [5, 5.41) is 3.60. The molecule has 10 heteroatoms. The molecular formula is C16H17F3N6O. The van der Waals surface area contributed by atoms with Crippen LogP contribution in [-0.2, 0) is 4.79 Å². The molecule has 2 aliphatic heterocycles. The molecule has 0 saturated carbocycles. The topological polar surface area (TPSA) is 76.6 Å². The number of nitrogens with one attached hydrogen (secondary N) is 2. The number of hydrazone groups is 1. The molecule has 26 heavy (non-hydrogen) atoms. The van der Waals surface area contributed by atoms with E-state index in [2.05, 4.69) is 20.0 Å². The van der Waals surface area contributed by atoms with Gasteiger partial charge in [0, 0.05) is 32.6 Å². The normalized spacial score (nSPS) is 21.0. The van der Waals surface area contributed by atoms with Crippen LogP contribution >= 0.6 is 0 Å². The van der Waals surface area contributed by atoms with Crippen LogP contribution in [0.5, 0.6) is 0 Å². The monoisotopic (exact) mass is 366 g/mol. The zero-order valence-corrected chi connectivity index (χ0v) is 13.8. The fourth-order valence-electron chi connectivity index (χ4n) is 3.30. The zero-order valence-electron chi connectivity index (χ0n) is 13.8. The maximum absolute atomic E-state index is 12.7. The van der Waals surface area contributed by atoms with E-state index in [0.717, 1.165) is 16.7 Å². The van der Waals surface area contributed by atoms with Crippen LogP contribution in [0.1, 0.15) is 6.42 Å². The lowest BCUT2D eigenvalue weighted by molar-refractivity contribution is -0.152. The molecule has 2 N–H and O–H groups in total. The van der Waals surface area contributed by atoms with Gasteiger partial charge < -0.3 is 14.8 Å². The molecule has 1 fully saturated rings. The number of carbonyl (C=O) groups excluding carboxylic acids is 1. The average molecular weight is 366 g/mol.